The fraction of sp³-hybridized carbons (Fsp3) is 0.976. The number of nitrogens with zero attached hydrogens (tertiary/aromatic N) is 1. The summed E-state index contributed by atoms with van der Waals surface area (Å²) in [5.41, 5.74) is -5.95. The third-order valence-electron chi connectivity index (χ3n) is 13.0. The zero-order chi connectivity index (χ0) is 42.6. The van der Waals surface area contributed by atoms with E-state index in [4.69, 9.17) is 28.4 Å². The molecule has 0 spiro atoms. The Balaban J connectivity index is 2.16. The van der Waals surface area contributed by atoms with E-state index in [9.17, 15) is 30.3 Å². The molecule has 3 heterocycles. The molecule has 3 rings (SSSR count). The van der Waals surface area contributed by atoms with Gasteiger partial charge in [0.25, 0.3) is 0 Å². The van der Waals surface area contributed by atoms with Gasteiger partial charge in [-0.2, -0.15) is 0 Å². The van der Waals surface area contributed by atoms with Crippen LogP contribution in [0.5, 0.6) is 0 Å². The van der Waals surface area contributed by atoms with Gasteiger partial charge in [-0.1, -0.05) is 27.7 Å². The summed E-state index contributed by atoms with van der Waals surface area (Å²) in [7, 11) is 5.31. The summed E-state index contributed by atoms with van der Waals surface area (Å²) < 4.78 is 38.3. The third-order valence-corrected chi connectivity index (χ3v) is 13.0. The van der Waals surface area contributed by atoms with Crippen molar-refractivity contribution in [3.05, 3.63) is 0 Å². The monoisotopic (exact) mass is 806 g/mol. The summed E-state index contributed by atoms with van der Waals surface area (Å²) in [6.07, 6.45) is -6.71. The van der Waals surface area contributed by atoms with Crippen molar-refractivity contribution in [2.45, 2.75) is 198 Å². The predicted molar refractivity (Wildman–Crippen MR) is 212 cm³/mol. The van der Waals surface area contributed by atoms with E-state index in [-0.39, 0.29) is 43.9 Å². The molecule has 3 saturated heterocycles. The Morgan fingerprint density at radius 3 is 2.18 bits per heavy atom. The smallest absolute Gasteiger partial charge is 0.311 e. The maximum Gasteiger partial charge on any atom is 0.311 e. The highest BCUT2D eigenvalue weighted by molar-refractivity contribution is 5.73. The third kappa shape index (κ3) is 11.0. The standard InChI is InChI=1S/C41H79N3O12/c1-15-17-42-22-41(50)28(8)53-31(20-39(41,10)51-14)55-33-25(5)35(56-37-32(45)29(44(12)13)18-24(4)52-37)38(9,48)19-23(3)21-43-27(7)34(46)40(11,49)30(16-2)54-36(47)26(33)6/h23-35,37,42-43,45-46,48-50H,15-22H2,1-14H3/t23-,24-,25-,26-,27-,28+,29+,30-,31+,32-,33+,34-,35-,37+,38-,39-,40-,41+/m1/s1. The molecule has 0 aromatic heterocycles. The van der Waals surface area contributed by atoms with Crippen molar-refractivity contribution in [1.82, 2.24) is 15.5 Å². The van der Waals surface area contributed by atoms with Gasteiger partial charge in [-0.15, -0.1) is 0 Å². The Labute approximate surface area is 336 Å². The highest BCUT2D eigenvalue weighted by atomic mass is 16.7. The number of cyclic esters (lactones) is 1. The number of likely N-dealkylation sites (N-methyl/N-ethyl adjacent to an activating group) is 1. The van der Waals surface area contributed by atoms with Crippen LogP contribution in [0.1, 0.15) is 108 Å². The Kier molecular flexibility index (Phi) is 17.6. The maximum absolute atomic E-state index is 14.3. The molecule has 0 amide bonds. The minimum absolute atomic E-state index is 0.0939. The molecule has 3 fully saturated rings. The Hall–Kier alpha value is -1.05. The summed E-state index contributed by atoms with van der Waals surface area (Å²) in [4.78, 5) is 16.2. The van der Waals surface area contributed by atoms with Crippen LogP contribution < -0.4 is 10.6 Å². The van der Waals surface area contributed by atoms with E-state index in [1.165, 1.54) is 14.0 Å². The van der Waals surface area contributed by atoms with Crippen molar-refractivity contribution in [3.8, 4) is 0 Å². The van der Waals surface area contributed by atoms with Gasteiger partial charge in [0.05, 0.1) is 35.9 Å². The molecule has 56 heavy (non-hydrogen) atoms. The number of carbonyl (C=O) groups excluding carboxylic acids is 1. The number of methoxy groups -OCH3 is 1. The molecule has 0 unspecified atom stereocenters. The van der Waals surface area contributed by atoms with Crippen molar-refractivity contribution in [3.63, 3.8) is 0 Å². The molecule has 0 saturated carbocycles. The van der Waals surface area contributed by atoms with Crippen molar-refractivity contribution in [1.29, 1.82) is 0 Å². The second-order valence-corrected chi connectivity index (χ2v) is 18.2. The van der Waals surface area contributed by atoms with Crippen LogP contribution in [-0.4, -0.2) is 167 Å². The molecule has 0 bridgehead atoms. The van der Waals surface area contributed by atoms with Crippen LogP contribution in [0.25, 0.3) is 0 Å². The predicted octanol–water partition coefficient (Wildman–Crippen LogP) is 1.93. The molecule has 18 atom stereocenters. The van der Waals surface area contributed by atoms with Crippen molar-refractivity contribution in [2.75, 3.05) is 40.8 Å². The van der Waals surface area contributed by atoms with Crippen LogP contribution >= 0.6 is 0 Å². The first kappa shape index (κ1) is 49.3. The zero-order valence-corrected chi connectivity index (χ0v) is 36.8. The largest absolute Gasteiger partial charge is 0.459 e. The van der Waals surface area contributed by atoms with Crippen LogP contribution in [-0.2, 0) is 33.2 Å². The highest BCUT2D eigenvalue weighted by Crippen LogP contribution is 2.43. The van der Waals surface area contributed by atoms with Gasteiger partial charge >= 0.3 is 5.97 Å². The normalized spacial score (nSPS) is 47.9. The second kappa shape index (κ2) is 20.0. The molecule has 3 aliphatic rings. The molecular formula is C41H79N3O12. The van der Waals surface area contributed by atoms with Crippen LogP contribution in [0.3, 0.4) is 0 Å². The molecule has 0 radical (unpaired) electrons. The van der Waals surface area contributed by atoms with E-state index in [1.54, 1.807) is 34.6 Å². The summed E-state index contributed by atoms with van der Waals surface area (Å²) in [5, 5.41) is 65.8. The highest BCUT2D eigenvalue weighted by Gasteiger charge is 2.58. The number of ether oxygens (including phenoxy) is 6. The molecule has 330 valence electrons. The molecule has 0 aromatic rings. The van der Waals surface area contributed by atoms with Gasteiger partial charge in [-0.3, -0.25) is 4.79 Å². The Bertz CT molecular complexity index is 1230. The molecule has 0 aromatic carbocycles. The number of aliphatic hydroxyl groups is 5. The van der Waals surface area contributed by atoms with Crippen LogP contribution in [0, 0.1) is 17.8 Å². The first-order valence-corrected chi connectivity index (χ1v) is 20.9. The summed E-state index contributed by atoms with van der Waals surface area (Å²) in [6, 6.07) is -0.877. The lowest BCUT2D eigenvalue weighted by Gasteiger charge is -2.53. The fourth-order valence-corrected chi connectivity index (χ4v) is 9.21. The van der Waals surface area contributed by atoms with E-state index in [0.717, 1.165) is 6.42 Å². The fourth-order valence-electron chi connectivity index (χ4n) is 9.21. The summed E-state index contributed by atoms with van der Waals surface area (Å²) in [6.45, 7) is 20.9. The number of hydrogen-bond donors (Lipinski definition) is 7. The number of hydrogen-bond acceptors (Lipinski definition) is 15. The van der Waals surface area contributed by atoms with E-state index < -0.39 is 95.5 Å². The lowest BCUT2D eigenvalue weighted by atomic mass is 9.75. The van der Waals surface area contributed by atoms with Crippen molar-refractivity contribution >= 4 is 5.97 Å². The maximum atomic E-state index is 14.3. The topological polar surface area (TPSA) is 201 Å². The van der Waals surface area contributed by atoms with Crippen LogP contribution in [0.15, 0.2) is 0 Å². The zero-order valence-electron chi connectivity index (χ0n) is 36.8. The SMILES string of the molecule is CCCNC[C@]1(O)[C@H](C)O[C@@H](O[C@H]2[C@@H](C)[C@@H](O[C@@H]3O[C@H](C)C[C@H](N(C)C)[C@H]3O)[C@](C)(O)C[C@@H](C)CN[C@H](C)[C@@H](O)[C@](C)(O)[C@@H](CC)OC(=O)[C@@H]2C)C[C@@]1(C)OC. The Morgan fingerprint density at radius 2 is 1.61 bits per heavy atom. The molecule has 15 heteroatoms. The van der Waals surface area contributed by atoms with E-state index >= 15 is 0 Å². The minimum Gasteiger partial charge on any atom is -0.459 e. The molecular weight excluding hydrogens is 726 g/mol. The number of nitrogens with one attached hydrogen (secondary N) is 2. The Morgan fingerprint density at radius 1 is 0.964 bits per heavy atom. The quantitative estimate of drug-likeness (QED) is 0.118. The average molecular weight is 806 g/mol. The average Bonchev–Trinajstić information content (AvgIpc) is 3.12. The molecule has 7 N–H and O–H groups in total. The molecule has 0 aliphatic carbocycles. The first-order valence-electron chi connectivity index (χ1n) is 20.9. The van der Waals surface area contributed by atoms with E-state index in [0.29, 0.717) is 19.5 Å². The lowest BCUT2D eigenvalue weighted by Crippen LogP contribution is -2.70. The van der Waals surface area contributed by atoms with Crippen LogP contribution in [0.4, 0.5) is 0 Å². The summed E-state index contributed by atoms with van der Waals surface area (Å²) >= 11 is 0. The van der Waals surface area contributed by atoms with Crippen molar-refractivity contribution < 1.29 is 58.7 Å². The van der Waals surface area contributed by atoms with E-state index in [2.05, 4.69) is 10.6 Å². The summed E-state index contributed by atoms with van der Waals surface area (Å²) in [5.74, 6) is -2.66. The second-order valence-electron chi connectivity index (χ2n) is 18.2. The number of esters is 1. The van der Waals surface area contributed by atoms with E-state index in [1.807, 2.05) is 53.6 Å². The van der Waals surface area contributed by atoms with Crippen LogP contribution in [0.2, 0.25) is 0 Å². The van der Waals surface area contributed by atoms with Gasteiger partial charge in [-0.05, 0) is 107 Å². The van der Waals surface area contributed by atoms with Gasteiger partial charge in [-0.25, -0.2) is 0 Å². The van der Waals surface area contributed by atoms with Gasteiger partial charge in [0.2, 0.25) is 0 Å². The minimum atomic E-state index is -1.81. The van der Waals surface area contributed by atoms with Gasteiger partial charge in [0, 0.05) is 38.1 Å². The molecule has 3 aliphatic heterocycles. The number of aliphatic hydroxyl groups excluding tert-OH is 2. The first-order chi connectivity index (χ1) is 25.9. The number of carbonyl (C=O) groups is 1. The van der Waals surface area contributed by atoms with Crippen molar-refractivity contribution in [2.24, 2.45) is 17.8 Å². The number of rotatable bonds is 11. The van der Waals surface area contributed by atoms with Gasteiger partial charge in [0.1, 0.15) is 35.1 Å². The lowest BCUT2D eigenvalue weighted by molar-refractivity contribution is -0.336. The molecule has 15 nitrogen and oxygen atoms in total. The van der Waals surface area contributed by atoms with Gasteiger partial charge < -0.3 is 69.5 Å². The van der Waals surface area contributed by atoms with Gasteiger partial charge in [0.15, 0.2) is 12.6 Å².